The van der Waals surface area contributed by atoms with Gasteiger partial charge < -0.3 is 24.5 Å². The number of anilines is 1. The number of carbonyl (C=O) groups excluding carboxylic acids is 3. The van der Waals surface area contributed by atoms with E-state index in [0.717, 1.165) is 17.7 Å². The molecule has 0 saturated carbocycles. The Labute approximate surface area is 208 Å². The molecule has 36 heavy (non-hydrogen) atoms. The largest absolute Gasteiger partial charge is 0.490 e. The smallest absolute Gasteiger partial charge is 0.329 e. The van der Waals surface area contributed by atoms with Crippen LogP contribution in [0, 0.1) is 0 Å². The number of benzene rings is 2. The maximum absolute atomic E-state index is 12.4. The number of hydrazone groups is 1. The van der Waals surface area contributed by atoms with E-state index in [4.69, 9.17) is 13.9 Å². The second kappa shape index (κ2) is 13.3. The minimum Gasteiger partial charge on any atom is -0.490 e. The minimum atomic E-state index is -0.918. The van der Waals surface area contributed by atoms with Gasteiger partial charge in [0.05, 0.1) is 25.6 Å². The van der Waals surface area contributed by atoms with Gasteiger partial charge in [0.1, 0.15) is 5.76 Å². The highest BCUT2D eigenvalue weighted by molar-refractivity contribution is 6.35. The Morgan fingerprint density at radius 2 is 1.81 bits per heavy atom. The molecule has 2 aromatic carbocycles. The fraction of sp³-hybridized carbons (Fsp3) is 0.231. The topological polar surface area (TPSA) is 131 Å². The zero-order valence-corrected chi connectivity index (χ0v) is 20.1. The average Bonchev–Trinajstić information content (AvgIpc) is 3.41. The molecule has 1 aromatic heterocycles. The zero-order chi connectivity index (χ0) is 25.8. The van der Waals surface area contributed by atoms with Crippen molar-refractivity contribution in [1.82, 2.24) is 10.7 Å². The first-order valence-electron chi connectivity index (χ1n) is 11.4. The number of rotatable bonds is 11. The minimum absolute atomic E-state index is 0.0886. The van der Waals surface area contributed by atoms with Gasteiger partial charge in [-0.2, -0.15) is 5.10 Å². The molecule has 0 aliphatic rings. The molecule has 3 amide bonds. The summed E-state index contributed by atoms with van der Waals surface area (Å²) in [7, 11) is 0. The van der Waals surface area contributed by atoms with Crippen LogP contribution in [0.2, 0.25) is 0 Å². The summed E-state index contributed by atoms with van der Waals surface area (Å²) in [6.45, 7) is 4.10. The van der Waals surface area contributed by atoms with Crippen molar-refractivity contribution in [2.75, 3.05) is 18.5 Å². The first-order valence-corrected chi connectivity index (χ1v) is 11.4. The molecule has 3 aromatic rings. The molecule has 188 valence electrons. The van der Waals surface area contributed by atoms with Gasteiger partial charge in [0, 0.05) is 5.69 Å². The van der Waals surface area contributed by atoms with Gasteiger partial charge in [-0.15, -0.1) is 0 Å². The molecular weight excluding hydrogens is 464 g/mol. The van der Waals surface area contributed by atoms with Crippen LogP contribution < -0.4 is 25.5 Å². The number of nitrogens with zero attached hydrogens (tertiary/aromatic N) is 1. The summed E-state index contributed by atoms with van der Waals surface area (Å²) in [5, 5.41) is 9.09. The number of amides is 3. The zero-order valence-electron chi connectivity index (χ0n) is 20.1. The van der Waals surface area contributed by atoms with Crippen molar-refractivity contribution in [3.8, 4) is 11.5 Å². The fourth-order valence-corrected chi connectivity index (χ4v) is 3.15. The molecule has 0 aliphatic heterocycles. The summed E-state index contributed by atoms with van der Waals surface area (Å²) in [6, 6.07) is 15.9. The van der Waals surface area contributed by atoms with E-state index in [1.807, 2.05) is 38.1 Å². The number of hydrogen-bond acceptors (Lipinski definition) is 7. The average molecular weight is 493 g/mol. The van der Waals surface area contributed by atoms with E-state index in [2.05, 4.69) is 21.2 Å². The highest BCUT2D eigenvalue weighted by atomic mass is 16.5. The third-order valence-corrected chi connectivity index (χ3v) is 4.89. The second-order valence-corrected chi connectivity index (χ2v) is 7.45. The van der Waals surface area contributed by atoms with Crippen LogP contribution in [0.4, 0.5) is 5.69 Å². The summed E-state index contributed by atoms with van der Waals surface area (Å²) in [4.78, 5) is 36.1. The lowest BCUT2D eigenvalue weighted by Gasteiger charge is -2.13. The predicted molar refractivity (Wildman–Crippen MR) is 134 cm³/mol. The highest BCUT2D eigenvalue weighted by Crippen LogP contribution is 2.28. The molecule has 0 aliphatic carbocycles. The number of hydrogen-bond donors (Lipinski definition) is 3. The Hall–Kier alpha value is -4.60. The Morgan fingerprint density at radius 1 is 0.972 bits per heavy atom. The van der Waals surface area contributed by atoms with Crippen LogP contribution in [0.3, 0.4) is 0 Å². The fourth-order valence-electron chi connectivity index (χ4n) is 3.15. The summed E-state index contributed by atoms with van der Waals surface area (Å²) < 4.78 is 16.4. The Kier molecular flexibility index (Phi) is 9.63. The van der Waals surface area contributed by atoms with E-state index >= 15 is 0 Å². The summed E-state index contributed by atoms with van der Waals surface area (Å²) in [5.41, 5.74) is 4.53. The van der Waals surface area contributed by atoms with Crippen LogP contribution in [0.25, 0.3) is 0 Å². The van der Waals surface area contributed by atoms with Crippen LogP contribution in [0.15, 0.2) is 70.4 Å². The SMILES string of the molecule is CCOc1cc(/C=N\NC(=O)C(=O)NCc2ccco2)ccc1OCC(=O)Nc1ccccc1CC. The van der Waals surface area contributed by atoms with Crippen molar-refractivity contribution < 1.29 is 28.3 Å². The molecule has 3 N–H and O–H groups in total. The maximum Gasteiger partial charge on any atom is 0.329 e. The van der Waals surface area contributed by atoms with Crippen molar-refractivity contribution in [2.45, 2.75) is 26.8 Å². The normalized spacial score (nSPS) is 10.6. The molecular formula is C26H28N4O6. The van der Waals surface area contributed by atoms with E-state index in [1.165, 1.54) is 12.5 Å². The van der Waals surface area contributed by atoms with Gasteiger partial charge >= 0.3 is 11.8 Å². The molecule has 0 unspecified atom stereocenters. The van der Waals surface area contributed by atoms with E-state index in [1.54, 1.807) is 30.3 Å². The van der Waals surface area contributed by atoms with Crippen LogP contribution in [0.5, 0.6) is 11.5 Å². The van der Waals surface area contributed by atoms with Crippen molar-refractivity contribution in [3.05, 3.63) is 77.7 Å². The summed E-state index contributed by atoms with van der Waals surface area (Å²) >= 11 is 0. The molecule has 0 fully saturated rings. The Morgan fingerprint density at radius 3 is 2.56 bits per heavy atom. The van der Waals surface area contributed by atoms with E-state index in [-0.39, 0.29) is 19.1 Å². The molecule has 1 heterocycles. The van der Waals surface area contributed by atoms with Crippen molar-refractivity contribution in [1.29, 1.82) is 0 Å². The lowest BCUT2D eigenvalue weighted by Crippen LogP contribution is -2.37. The first kappa shape index (κ1) is 26.0. The number of nitrogens with one attached hydrogen (secondary N) is 3. The van der Waals surface area contributed by atoms with Gasteiger partial charge in [-0.3, -0.25) is 14.4 Å². The predicted octanol–water partition coefficient (Wildman–Crippen LogP) is 3.02. The van der Waals surface area contributed by atoms with Gasteiger partial charge in [-0.25, -0.2) is 5.43 Å². The van der Waals surface area contributed by atoms with Gasteiger partial charge in [0.25, 0.3) is 5.91 Å². The molecule has 0 radical (unpaired) electrons. The van der Waals surface area contributed by atoms with Gasteiger partial charge in [0.2, 0.25) is 0 Å². The molecule has 0 bridgehead atoms. The number of carbonyl (C=O) groups is 3. The second-order valence-electron chi connectivity index (χ2n) is 7.45. The van der Waals surface area contributed by atoms with E-state index < -0.39 is 11.8 Å². The molecule has 10 heteroatoms. The van der Waals surface area contributed by atoms with Crippen LogP contribution >= 0.6 is 0 Å². The molecule has 0 saturated heterocycles. The summed E-state index contributed by atoms with van der Waals surface area (Å²) in [6.07, 6.45) is 3.63. The number of furan rings is 1. The van der Waals surface area contributed by atoms with Crippen molar-refractivity contribution >= 4 is 29.6 Å². The molecule has 3 rings (SSSR count). The number of aryl methyl sites for hydroxylation is 1. The number of para-hydroxylation sites is 1. The van der Waals surface area contributed by atoms with E-state index in [9.17, 15) is 14.4 Å². The van der Waals surface area contributed by atoms with Crippen molar-refractivity contribution in [3.63, 3.8) is 0 Å². The molecule has 0 spiro atoms. The first-order chi connectivity index (χ1) is 17.5. The van der Waals surface area contributed by atoms with Gasteiger partial charge in [-0.05, 0) is 60.9 Å². The third-order valence-electron chi connectivity index (χ3n) is 4.89. The lowest BCUT2D eigenvalue weighted by atomic mass is 10.1. The lowest BCUT2D eigenvalue weighted by molar-refractivity contribution is -0.139. The molecule has 10 nitrogen and oxygen atoms in total. The highest BCUT2D eigenvalue weighted by Gasteiger charge is 2.13. The van der Waals surface area contributed by atoms with Gasteiger partial charge in [-0.1, -0.05) is 25.1 Å². The third kappa shape index (κ3) is 7.73. The van der Waals surface area contributed by atoms with Crippen LogP contribution in [-0.4, -0.2) is 37.1 Å². The number of ether oxygens (including phenoxy) is 2. The van der Waals surface area contributed by atoms with E-state index in [0.29, 0.717) is 29.4 Å². The standard InChI is InChI=1S/C26H28N4O6/c1-3-19-8-5-6-10-21(19)29-24(31)17-36-22-12-11-18(14-23(22)34-4-2)15-28-30-26(33)25(32)27-16-20-9-7-13-35-20/h5-15H,3-4,16-17H2,1-2H3,(H,27,32)(H,29,31)(H,30,33)/b28-15-. The Balaban J connectivity index is 1.54. The monoisotopic (exact) mass is 492 g/mol. The van der Waals surface area contributed by atoms with Crippen molar-refractivity contribution in [2.24, 2.45) is 5.10 Å². The van der Waals surface area contributed by atoms with Crippen LogP contribution in [-0.2, 0) is 27.3 Å². The quantitative estimate of drug-likeness (QED) is 0.214. The van der Waals surface area contributed by atoms with Crippen LogP contribution in [0.1, 0.15) is 30.7 Å². The Bertz CT molecular complexity index is 1210. The van der Waals surface area contributed by atoms with Gasteiger partial charge in [0.15, 0.2) is 18.1 Å². The molecule has 0 atom stereocenters. The maximum atomic E-state index is 12.4. The summed E-state index contributed by atoms with van der Waals surface area (Å²) in [5.74, 6) is -0.744.